The Morgan fingerprint density at radius 2 is 2.28 bits per heavy atom. The monoisotopic (exact) mass is 247 g/mol. The number of carbonyl (C=O) groups excluding carboxylic acids is 1. The van der Waals surface area contributed by atoms with Gasteiger partial charge in [0, 0.05) is 19.8 Å². The quantitative estimate of drug-likeness (QED) is 0.814. The van der Waals surface area contributed by atoms with Gasteiger partial charge in [-0.25, -0.2) is 0 Å². The number of rotatable bonds is 3. The molecule has 0 spiro atoms. The minimum Gasteiger partial charge on any atom is -0.348 e. The number of amides is 1. The Bertz CT molecular complexity index is 431. The number of nitrogens with zero attached hydrogens (tertiary/aromatic N) is 3. The van der Waals surface area contributed by atoms with Gasteiger partial charge in [-0.05, 0) is 38.4 Å². The second kappa shape index (κ2) is 5.48. The molecule has 1 aromatic rings. The average molecular weight is 247 g/mol. The molecule has 1 aromatic heterocycles. The smallest absolute Gasteiger partial charge is 0.236 e. The highest BCUT2D eigenvalue weighted by molar-refractivity contribution is 5.77. The molecule has 2 heterocycles. The van der Waals surface area contributed by atoms with E-state index in [2.05, 4.69) is 16.0 Å². The number of pyridine rings is 1. The molecule has 1 aliphatic heterocycles. The first kappa shape index (κ1) is 13.0. The van der Waals surface area contributed by atoms with E-state index in [4.69, 9.17) is 0 Å². The van der Waals surface area contributed by atoms with Crippen LogP contribution in [0.25, 0.3) is 0 Å². The van der Waals surface area contributed by atoms with Crippen molar-refractivity contribution in [1.29, 1.82) is 0 Å². The van der Waals surface area contributed by atoms with E-state index in [1.54, 1.807) is 19.0 Å². The molecule has 4 nitrogen and oxygen atoms in total. The predicted molar refractivity (Wildman–Crippen MR) is 71.2 cm³/mol. The van der Waals surface area contributed by atoms with Crippen molar-refractivity contribution < 1.29 is 4.79 Å². The summed E-state index contributed by atoms with van der Waals surface area (Å²) >= 11 is 0. The first-order valence-corrected chi connectivity index (χ1v) is 6.45. The Morgan fingerprint density at radius 1 is 1.50 bits per heavy atom. The summed E-state index contributed by atoms with van der Waals surface area (Å²) < 4.78 is 0. The number of aromatic nitrogens is 1. The van der Waals surface area contributed by atoms with Crippen molar-refractivity contribution in [1.82, 2.24) is 14.8 Å². The Labute approximate surface area is 109 Å². The van der Waals surface area contributed by atoms with Gasteiger partial charge < -0.3 is 4.90 Å². The largest absolute Gasteiger partial charge is 0.348 e. The van der Waals surface area contributed by atoms with E-state index in [9.17, 15) is 4.79 Å². The molecular weight excluding hydrogens is 226 g/mol. The summed E-state index contributed by atoms with van der Waals surface area (Å²) in [5, 5.41) is 0. The fraction of sp³-hybridized carbons (Fsp3) is 0.571. The van der Waals surface area contributed by atoms with Crippen LogP contribution in [0.15, 0.2) is 18.2 Å². The first-order chi connectivity index (χ1) is 8.58. The van der Waals surface area contributed by atoms with Crippen LogP contribution < -0.4 is 0 Å². The van der Waals surface area contributed by atoms with Crippen molar-refractivity contribution in [2.24, 2.45) is 0 Å². The third kappa shape index (κ3) is 2.88. The number of hydrogen-bond donors (Lipinski definition) is 0. The number of carbonyl (C=O) groups is 1. The molecular formula is C14H21N3O. The van der Waals surface area contributed by atoms with Gasteiger partial charge in [0.1, 0.15) is 0 Å². The van der Waals surface area contributed by atoms with Crippen LogP contribution in [0.3, 0.4) is 0 Å². The van der Waals surface area contributed by atoms with Crippen LogP contribution in [0.1, 0.15) is 30.3 Å². The summed E-state index contributed by atoms with van der Waals surface area (Å²) in [5.41, 5.74) is 2.14. The molecule has 1 saturated heterocycles. The molecule has 0 radical (unpaired) electrons. The summed E-state index contributed by atoms with van der Waals surface area (Å²) in [5.74, 6) is 0.162. The van der Waals surface area contributed by atoms with E-state index < -0.39 is 0 Å². The fourth-order valence-corrected chi connectivity index (χ4v) is 2.42. The van der Waals surface area contributed by atoms with Gasteiger partial charge in [0.15, 0.2) is 0 Å². The van der Waals surface area contributed by atoms with Crippen LogP contribution in [0.2, 0.25) is 0 Å². The van der Waals surface area contributed by atoms with Crippen molar-refractivity contribution in [3.63, 3.8) is 0 Å². The molecule has 0 bridgehead atoms. The SMILES string of the molecule is Cc1cccc([C@H]2CCCN2CC(=O)N(C)C)n1. The van der Waals surface area contributed by atoms with Crippen LogP contribution in [0.4, 0.5) is 0 Å². The summed E-state index contributed by atoms with van der Waals surface area (Å²) in [4.78, 5) is 20.3. The lowest BCUT2D eigenvalue weighted by atomic mass is 10.1. The van der Waals surface area contributed by atoms with Crippen molar-refractivity contribution >= 4 is 5.91 Å². The Morgan fingerprint density at radius 3 is 2.94 bits per heavy atom. The molecule has 0 aromatic carbocycles. The van der Waals surface area contributed by atoms with Crippen LogP contribution in [-0.2, 0) is 4.79 Å². The second-order valence-corrected chi connectivity index (χ2v) is 5.12. The molecule has 98 valence electrons. The molecule has 0 N–H and O–H groups in total. The molecule has 4 heteroatoms. The van der Waals surface area contributed by atoms with Crippen LogP contribution in [-0.4, -0.2) is 47.9 Å². The lowest BCUT2D eigenvalue weighted by Gasteiger charge is -2.25. The summed E-state index contributed by atoms with van der Waals surface area (Å²) in [7, 11) is 3.61. The van der Waals surface area contributed by atoms with Gasteiger partial charge in [0.2, 0.25) is 5.91 Å². The molecule has 0 saturated carbocycles. The van der Waals surface area contributed by atoms with Crippen molar-refractivity contribution in [3.05, 3.63) is 29.6 Å². The van der Waals surface area contributed by atoms with Gasteiger partial charge in [-0.15, -0.1) is 0 Å². The molecule has 1 fully saturated rings. The van der Waals surface area contributed by atoms with E-state index in [0.29, 0.717) is 12.6 Å². The standard InChI is InChI=1S/C14H21N3O/c1-11-6-4-7-12(15-11)13-8-5-9-17(13)10-14(18)16(2)3/h4,6-7,13H,5,8-10H2,1-3H3/t13-/m1/s1. The zero-order valence-corrected chi connectivity index (χ0v) is 11.4. The maximum Gasteiger partial charge on any atom is 0.236 e. The van der Waals surface area contributed by atoms with Crippen LogP contribution in [0.5, 0.6) is 0 Å². The van der Waals surface area contributed by atoms with E-state index in [1.165, 1.54) is 0 Å². The highest BCUT2D eigenvalue weighted by Gasteiger charge is 2.28. The maximum atomic E-state index is 11.8. The lowest BCUT2D eigenvalue weighted by Crippen LogP contribution is -2.36. The molecule has 1 atom stereocenters. The zero-order chi connectivity index (χ0) is 13.1. The minimum atomic E-state index is 0.162. The topological polar surface area (TPSA) is 36.4 Å². The first-order valence-electron chi connectivity index (χ1n) is 6.45. The summed E-state index contributed by atoms with van der Waals surface area (Å²) in [6, 6.07) is 6.42. The van der Waals surface area contributed by atoms with Gasteiger partial charge >= 0.3 is 0 Å². The highest BCUT2D eigenvalue weighted by Crippen LogP contribution is 2.30. The van der Waals surface area contributed by atoms with Gasteiger partial charge in [-0.1, -0.05) is 6.07 Å². The fourth-order valence-electron chi connectivity index (χ4n) is 2.42. The normalized spacial score (nSPS) is 20.1. The van der Waals surface area contributed by atoms with Crippen molar-refractivity contribution in [2.75, 3.05) is 27.2 Å². The second-order valence-electron chi connectivity index (χ2n) is 5.12. The predicted octanol–water partition coefficient (Wildman–Crippen LogP) is 1.62. The highest BCUT2D eigenvalue weighted by atomic mass is 16.2. The molecule has 1 aliphatic rings. The number of hydrogen-bond acceptors (Lipinski definition) is 3. The summed E-state index contributed by atoms with van der Waals surface area (Å²) in [6.45, 7) is 3.49. The summed E-state index contributed by atoms with van der Waals surface area (Å²) in [6.07, 6.45) is 2.23. The third-order valence-electron chi connectivity index (χ3n) is 3.45. The van der Waals surface area contributed by atoms with Crippen molar-refractivity contribution in [3.8, 4) is 0 Å². The van der Waals surface area contributed by atoms with E-state index >= 15 is 0 Å². The molecule has 0 aliphatic carbocycles. The molecule has 1 amide bonds. The Hall–Kier alpha value is -1.42. The third-order valence-corrected chi connectivity index (χ3v) is 3.45. The van der Waals surface area contributed by atoms with Gasteiger partial charge in [-0.3, -0.25) is 14.7 Å². The van der Waals surface area contributed by atoms with E-state index in [0.717, 1.165) is 30.8 Å². The number of likely N-dealkylation sites (N-methyl/N-ethyl adjacent to an activating group) is 1. The van der Waals surface area contributed by atoms with Gasteiger partial charge in [-0.2, -0.15) is 0 Å². The van der Waals surface area contributed by atoms with Crippen LogP contribution in [0, 0.1) is 6.92 Å². The van der Waals surface area contributed by atoms with Gasteiger partial charge in [0.05, 0.1) is 18.3 Å². The molecule has 18 heavy (non-hydrogen) atoms. The number of likely N-dealkylation sites (tertiary alicyclic amines) is 1. The average Bonchev–Trinajstić information content (AvgIpc) is 2.77. The van der Waals surface area contributed by atoms with E-state index in [1.807, 2.05) is 19.1 Å². The Kier molecular flexibility index (Phi) is 3.97. The molecule has 2 rings (SSSR count). The molecule has 0 unspecified atom stereocenters. The van der Waals surface area contributed by atoms with Gasteiger partial charge in [0.25, 0.3) is 0 Å². The number of aryl methyl sites for hydroxylation is 1. The zero-order valence-electron chi connectivity index (χ0n) is 11.4. The van der Waals surface area contributed by atoms with E-state index in [-0.39, 0.29) is 5.91 Å². The minimum absolute atomic E-state index is 0.162. The van der Waals surface area contributed by atoms with Crippen molar-refractivity contribution in [2.45, 2.75) is 25.8 Å². The Balaban J connectivity index is 2.10. The van der Waals surface area contributed by atoms with Crippen LogP contribution >= 0.6 is 0 Å². The maximum absolute atomic E-state index is 11.8. The lowest BCUT2D eigenvalue weighted by molar-refractivity contribution is -0.130.